The molecule has 4 rings (SSSR count). The van der Waals surface area contributed by atoms with Crippen molar-refractivity contribution in [1.82, 2.24) is 10.2 Å². The van der Waals surface area contributed by atoms with Crippen molar-refractivity contribution in [1.29, 1.82) is 0 Å². The van der Waals surface area contributed by atoms with Gasteiger partial charge in [-0.15, -0.1) is 10.2 Å². The molecule has 1 amide bonds. The molecule has 3 aromatic rings. The Morgan fingerprint density at radius 3 is 2.65 bits per heavy atom. The highest BCUT2D eigenvalue weighted by Gasteiger charge is 2.31. The summed E-state index contributed by atoms with van der Waals surface area (Å²) in [5.74, 6) is 0.653. The number of nitrogens with zero attached hydrogens (tertiary/aromatic N) is 3. The first-order valence-electron chi connectivity index (χ1n) is 9.37. The second-order valence-corrected chi connectivity index (χ2v) is 9.71. The molecule has 11 heteroatoms. The Balaban J connectivity index is 1.50. The number of anilines is 2. The van der Waals surface area contributed by atoms with Crippen molar-refractivity contribution in [2.24, 2.45) is 0 Å². The summed E-state index contributed by atoms with van der Waals surface area (Å²) in [6, 6.07) is 14.1. The Labute approximate surface area is 183 Å². The minimum atomic E-state index is -3.51. The summed E-state index contributed by atoms with van der Waals surface area (Å²) in [6.07, 6.45) is 0.449. The van der Waals surface area contributed by atoms with Crippen LogP contribution in [-0.2, 0) is 14.8 Å². The van der Waals surface area contributed by atoms with Gasteiger partial charge in [-0.1, -0.05) is 23.5 Å². The second-order valence-electron chi connectivity index (χ2n) is 6.83. The normalized spacial score (nSPS) is 16.1. The van der Waals surface area contributed by atoms with Gasteiger partial charge < -0.3 is 9.47 Å². The average molecular weight is 461 g/mol. The molecule has 1 N–H and O–H groups in total. The van der Waals surface area contributed by atoms with Crippen molar-refractivity contribution in [3.63, 3.8) is 0 Å². The maximum Gasteiger partial charge on any atom is 0.267 e. The van der Waals surface area contributed by atoms with E-state index in [-0.39, 0.29) is 13.0 Å². The lowest BCUT2D eigenvalue weighted by Gasteiger charge is -2.20. The van der Waals surface area contributed by atoms with E-state index in [0.29, 0.717) is 21.6 Å². The summed E-state index contributed by atoms with van der Waals surface area (Å²) in [5, 5.41) is 11.9. The van der Waals surface area contributed by atoms with Crippen LogP contribution in [0, 0.1) is 0 Å². The first-order chi connectivity index (χ1) is 14.8. The topological polar surface area (TPSA) is 111 Å². The molecule has 0 radical (unpaired) electrons. The molecule has 0 fully saturated rings. The number of hydrogen-bond acceptors (Lipinski definition) is 8. The SMILES string of the molecule is COc1ccc(-c2nnc(NC(=O)[C@@H]3CCN(S(C)(=O)=O)c4ccccc4O3)s2)cc1. The van der Waals surface area contributed by atoms with Crippen molar-refractivity contribution in [3.8, 4) is 22.1 Å². The van der Waals surface area contributed by atoms with E-state index in [1.165, 1.54) is 15.6 Å². The van der Waals surface area contributed by atoms with Gasteiger partial charge in [-0.25, -0.2) is 8.42 Å². The molecule has 31 heavy (non-hydrogen) atoms. The lowest BCUT2D eigenvalue weighted by Crippen LogP contribution is -2.35. The number of carbonyl (C=O) groups is 1. The van der Waals surface area contributed by atoms with Crippen LogP contribution in [0.1, 0.15) is 6.42 Å². The molecular formula is C20H20N4O5S2. The lowest BCUT2D eigenvalue weighted by atomic mass is 10.2. The summed E-state index contributed by atoms with van der Waals surface area (Å²) in [5.41, 5.74) is 1.26. The fourth-order valence-corrected chi connectivity index (χ4v) is 4.87. The van der Waals surface area contributed by atoms with Crippen molar-refractivity contribution in [2.45, 2.75) is 12.5 Å². The van der Waals surface area contributed by atoms with Crippen LogP contribution in [0.3, 0.4) is 0 Å². The molecule has 0 unspecified atom stereocenters. The first kappa shape index (κ1) is 21.1. The largest absolute Gasteiger partial charge is 0.497 e. The van der Waals surface area contributed by atoms with Gasteiger partial charge >= 0.3 is 0 Å². The van der Waals surface area contributed by atoms with Gasteiger partial charge in [0, 0.05) is 18.5 Å². The van der Waals surface area contributed by atoms with Gasteiger partial charge in [-0.05, 0) is 36.4 Å². The van der Waals surface area contributed by atoms with Gasteiger partial charge in [0.2, 0.25) is 15.2 Å². The number of hydrogen-bond donors (Lipinski definition) is 1. The average Bonchev–Trinajstić information content (AvgIpc) is 3.11. The van der Waals surface area contributed by atoms with Crippen LogP contribution in [0.2, 0.25) is 0 Å². The number of benzene rings is 2. The third-order valence-corrected chi connectivity index (χ3v) is 6.75. The minimum absolute atomic E-state index is 0.126. The first-order valence-corrected chi connectivity index (χ1v) is 12.0. The second kappa shape index (κ2) is 8.52. The summed E-state index contributed by atoms with van der Waals surface area (Å²) < 4.78 is 36.6. The van der Waals surface area contributed by atoms with Crippen molar-refractivity contribution in [2.75, 3.05) is 29.5 Å². The van der Waals surface area contributed by atoms with Crippen LogP contribution in [0.5, 0.6) is 11.5 Å². The Morgan fingerprint density at radius 2 is 1.94 bits per heavy atom. The molecule has 0 spiro atoms. The van der Waals surface area contributed by atoms with E-state index in [1.54, 1.807) is 31.4 Å². The Hall–Kier alpha value is -3.18. The number of nitrogens with one attached hydrogen (secondary N) is 1. The molecule has 0 saturated heterocycles. The number of carbonyl (C=O) groups excluding carboxylic acids is 1. The fourth-order valence-electron chi connectivity index (χ4n) is 3.17. The van der Waals surface area contributed by atoms with Crippen molar-refractivity contribution in [3.05, 3.63) is 48.5 Å². The number of ether oxygens (including phenoxy) is 2. The number of sulfonamides is 1. The van der Waals surface area contributed by atoms with Crippen LogP contribution in [0.25, 0.3) is 10.6 Å². The predicted octanol–water partition coefficient (Wildman–Crippen LogP) is 2.77. The van der Waals surface area contributed by atoms with Crippen molar-refractivity contribution < 1.29 is 22.7 Å². The number of aromatic nitrogens is 2. The Bertz CT molecular complexity index is 1190. The summed E-state index contributed by atoms with van der Waals surface area (Å²) in [7, 11) is -1.92. The van der Waals surface area contributed by atoms with E-state index in [2.05, 4.69) is 15.5 Å². The monoisotopic (exact) mass is 460 g/mol. The van der Waals surface area contributed by atoms with Gasteiger partial charge in [0.05, 0.1) is 19.1 Å². The molecule has 0 bridgehead atoms. The van der Waals surface area contributed by atoms with Gasteiger partial charge in [0.1, 0.15) is 16.5 Å². The predicted molar refractivity (Wildman–Crippen MR) is 118 cm³/mol. The molecule has 1 aliphatic rings. The molecule has 2 aromatic carbocycles. The van der Waals surface area contributed by atoms with Crippen molar-refractivity contribution >= 4 is 38.1 Å². The lowest BCUT2D eigenvalue weighted by molar-refractivity contribution is -0.122. The molecule has 0 saturated carbocycles. The number of fused-ring (bicyclic) bond motifs is 1. The highest BCUT2D eigenvalue weighted by atomic mass is 32.2. The van der Waals surface area contributed by atoms with Gasteiger partial charge in [-0.3, -0.25) is 14.4 Å². The molecule has 1 aromatic heterocycles. The van der Waals surface area contributed by atoms with E-state index >= 15 is 0 Å². The van der Waals surface area contributed by atoms with E-state index in [4.69, 9.17) is 9.47 Å². The van der Waals surface area contributed by atoms with Gasteiger partial charge in [0.25, 0.3) is 5.91 Å². The van der Waals surface area contributed by atoms with Crippen LogP contribution in [-0.4, -0.2) is 50.5 Å². The zero-order valence-corrected chi connectivity index (χ0v) is 18.4. The maximum absolute atomic E-state index is 12.8. The minimum Gasteiger partial charge on any atom is -0.497 e. The van der Waals surface area contributed by atoms with E-state index in [1.807, 2.05) is 24.3 Å². The van der Waals surface area contributed by atoms with E-state index < -0.39 is 22.0 Å². The summed E-state index contributed by atoms with van der Waals surface area (Å²) in [6.45, 7) is 0.126. The highest BCUT2D eigenvalue weighted by Crippen LogP contribution is 2.34. The van der Waals surface area contributed by atoms with Gasteiger partial charge in [-0.2, -0.15) is 0 Å². The zero-order chi connectivity index (χ0) is 22.0. The van der Waals surface area contributed by atoms with Crippen LogP contribution >= 0.6 is 11.3 Å². The van der Waals surface area contributed by atoms with E-state index in [9.17, 15) is 13.2 Å². The zero-order valence-electron chi connectivity index (χ0n) is 16.8. The molecule has 1 aliphatic heterocycles. The molecular weight excluding hydrogens is 440 g/mol. The summed E-state index contributed by atoms with van der Waals surface area (Å²) in [4.78, 5) is 12.8. The molecule has 2 heterocycles. The maximum atomic E-state index is 12.8. The number of amides is 1. The standard InChI is InChI=1S/C20H20N4O5S2/c1-28-14-9-7-13(8-10-14)19-22-23-20(30-19)21-18(25)17-11-12-24(31(2,26)27)15-5-3-4-6-16(15)29-17/h3-10,17H,11-12H2,1-2H3,(H,21,23,25)/t17-/m0/s1. The smallest absolute Gasteiger partial charge is 0.267 e. The van der Waals surface area contributed by atoms with E-state index in [0.717, 1.165) is 17.6 Å². The summed E-state index contributed by atoms with van der Waals surface area (Å²) >= 11 is 1.23. The number of rotatable bonds is 5. The van der Waals surface area contributed by atoms with Crippen LogP contribution < -0.4 is 19.1 Å². The molecule has 0 aliphatic carbocycles. The van der Waals surface area contributed by atoms with Gasteiger partial charge in [0.15, 0.2) is 6.10 Å². The van der Waals surface area contributed by atoms with Crippen LogP contribution in [0.15, 0.2) is 48.5 Å². The molecule has 162 valence electrons. The third kappa shape index (κ3) is 4.62. The van der Waals surface area contributed by atoms with Crippen LogP contribution in [0.4, 0.5) is 10.8 Å². The number of methoxy groups -OCH3 is 1. The Kier molecular flexibility index (Phi) is 5.79. The third-order valence-electron chi connectivity index (χ3n) is 4.68. The fraction of sp³-hybridized carbons (Fsp3) is 0.250. The Morgan fingerprint density at radius 1 is 1.19 bits per heavy atom. The quantitative estimate of drug-likeness (QED) is 0.623. The molecule has 1 atom stereocenters. The highest BCUT2D eigenvalue weighted by molar-refractivity contribution is 7.92. The number of para-hydroxylation sites is 2. The molecule has 9 nitrogen and oxygen atoms in total.